The van der Waals surface area contributed by atoms with Gasteiger partial charge >= 0.3 is 11.9 Å². The van der Waals surface area contributed by atoms with Crippen molar-refractivity contribution in [2.24, 2.45) is 11.1 Å². The number of thiazole rings is 1. The molecule has 19 heteroatoms. The Morgan fingerprint density at radius 2 is 1.88 bits per heavy atom. The van der Waals surface area contributed by atoms with Gasteiger partial charge in [0.05, 0.1) is 48.1 Å². The lowest BCUT2D eigenvalue weighted by molar-refractivity contribution is -0.927. The molecule has 2 atom stereocenters. The van der Waals surface area contributed by atoms with E-state index in [1.165, 1.54) is 48.0 Å². The molecule has 4 heterocycles. The molecule has 0 bridgehead atoms. The standard InChI is InChI=1S/C32H37ClN6O10S2/c1-32(2,30(47)48)49-37-23(19-15-51-31(34)36-19)21(41)12-18-27(44)38-24(29(45)46)16(14-50-28(18)38)13-39(9-4-3-5-10-39)11-8-35-26(43)17-6-7-20(40)25(42)22(17)33/h6-7,15,18,28H,3-5,8-14H2,1-2H3,(H6-,34,35,36,37,40,41,42,43,45,46,47,48)/p+1/t18-,28-/m1/s1. The van der Waals surface area contributed by atoms with Crippen LogP contribution >= 0.6 is 34.7 Å². The van der Waals surface area contributed by atoms with Gasteiger partial charge < -0.3 is 40.8 Å². The minimum absolute atomic E-state index is 0.00202. The number of halogens is 1. The summed E-state index contributed by atoms with van der Waals surface area (Å²) < 4.78 is 0.486. The number of β-lactam (4-membered cyclic amide) rings is 1. The number of carboxylic acid groups (broad SMARTS) is 2. The van der Waals surface area contributed by atoms with E-state index >= 15 is 0 Å². The number of hydrogen-bond donors (Lipinski definition) is 6. The smallest absolute Gasteiger partial charge is 0.352 e. The molecular weight excluding hydrogens is 728 g/mol. The number of anilines is 1. The van der Waals surface area contributed by atoms with Gasteiger partial charge in [-0.3, -0.25) is 19.3 Å². The van der Waals surface area contributed by atoms with E-state index in [1.807, 2.05) is 0 Å². The van der Waals surface area contributed by atoms with Crippen molar-refractivity contribution in [1.29, 1.82) is 0 Å². The van der Waals surface area contributed by atoms with Crippen LogP contribution in [0.4, 0.5) is 5.13 Å². The Labute approximate surface area is 305 Å². The number of fused-ring (bicyclic) bond motifs is 1. The fourth-order valence-corrected chi connectivity index (χ4v) is 8.55. The highest BCUT2D eigenvalue weighted by Crippen LogP contribution is 2.46. The van der Waals surface area contributed by atoms with Crippen LogP contribution in [0, 0.1) is 5.92 Å². The maximum absolute atomic E-state index is 13.6. The quantitative estimate of drug-likeness (QED) is 0.0534. The normalized spacial score (nSPS) is 20.3. The number of carbonyl (C=O) groups excluding carboxylic acids is 3. The second kappa shape index (κ2) is 15.1. The van der Waals surface area contributed by atoms with Crippen LogP contribution < -0.4 is 11.1 Å². The lowest BCUT2D eigenvalue weighted by atomic mass is 9.89. The predicted octanol–water partition coefficient (Wildman–Crippen LogP) is 2.63. The number of carbonyl (C=O) groups is 5. The predicted molar refractivity (Wildman–Crippen MR) is 187 cm³/mol. The summed E-state index contributed by atoms with van der Waals surface area (Å²) in [6.07, 6.45) is 2.46. The number of rotatable bonds is 14. The number of Topliss-reactive ketones (excluding diaryl/α,β-unsaturated/α-hetero) is 1. The van der Waals surface area contributed by atoms with Crippen LogP contribution in [0.25, 0.3) is 0 Å². The highest BCUT2D eigenvalue weighted by molar-refractivity contribution is 8.00. The van der Waals surface area contributed by atoms with E-state index in [1.54, 1.807) is 0 Å². The largest absolute Gasteiger partial charge is 0.504 e. The Balaban J connectivity index is 1.31. The summed E-state index contributed by atoms with van der Waals surface area (Å²) in [6, 6.07) is 2.47. The van der Waals surface area contributed by atoms with Crippen molar-refractivity contribution in [3.8, 4) is 11.5 Å². The Kier molecular flexibility index (Phi) is 11.2. The van der Waals surface area contributed by atoms with E-state index in [-0.39, 0.29) is 45.8 Å². The van der Waals surface area contributed by atoms with Gasteiger partial charge in [0.25, 0.3) is 5.91 Å². The van der Waals surface area contributed by atoms with Gasteiger partial charge in [0.15, 0.2) is 28.1 Å². The summed E-state index contributed by atoms with van der Waals surface area (Å²) in [5.74, 6) is -5.91. The minimum atomic E-state index is -1.77. The van der Waals surface area contributed by atoms with Gasteiger partial charge in [-0.25, -0.2) is 14.6 Å². The van der Waals surface area contributed by atoms with Crippen molar-refractivity contribution in [2.75, 3.05) is 44.2 Å². The zero-order valence-corrected chi connectivity index (χ0v) is 30.1. The van der Waals surface area contributed by atoms with E-state index in [0.29, 0.717) is 28.9 Å². The highest BCUT2D eigenvalue weighted by Gasteiger charge is 2.55. The van der Waals surface area contributed by atoms with Crippen molar-refractivity contribution in [3.63, 3.8) is 0 Å². The molecule has 16 nitrogen and oxygen atoms in total. The Hall–Kier alpha value is -4.39. The summed E-state index contributed by atoms with van der Waals surface area (Å²) in [4.78, 5) is 74.7. The summed E-state index contributed by atoms with van der Waals surface area (Å²) in [7, 11) is 0. The second-order valence-corrected chi connectivity index (χ2v) is 15.5. The average Bonchev–Trinajstić information content (AvgIpc) is 3.51. The second-order valence-electron chi connectivity index (χ2n) is 13.1. The molecule has 0 spiro atoms. The summed E-state index contributed by atoms with van der Waals surface area (Å²) in [5, 5.41) is 46.7. The number of piperidine rings is 1. The van der Waals surface area contributed by atoms with Gasteiger partial charge in [-0.05, 0) is 45.2 Å². The molecule has 0 aliphatic carbocycles. The number of nitrogens with one attached hydrogen (secondary N) is 1. The maximum Gasteiger partial charge on any atom is 0.352 e. The van der Waals surface area contributed by atoms with Gasteiger partial charge in [-0.15, -0.1) is 23.1 Å². The van der Waals surface area contributed by atoms with E-state index < -0.39 is 57.9 Å². The fourth-order valence-electron chi connectivity index (χ4n) is 6.35. The summed E-state index contributed by atoms with van der Waals surface area (Å²) >= 11 is 8.46. The lowest BCUT2D eigenvalue weighted by Crippen LogP contribution is -2.63. The van der Waals surface area contributed by atoms with Crippen LogP contribution in [-0.2, 0) is 24.0 Å². The highest BCUT2D eigenvalue weighted by atomic mass is 35.5. The van der Waals surface area contributed by atoms with Crippen LogP contribution in [0.15, 0.2) is 33.9 Å². The number of quaternary nitrogens is 1. The number of thioether (sulfide) groups is 1. The number of amides is 2. The molecule has 274 valence electrons. The monoisotopic (exact) mass is 765 g/mol. The third-order valence-corrected chi connectivity index (χ3v) is 11.6. The van der Waals surface area contributed by atoms with Crippen molar-refractivity contribution in [2.45, 2.75) is 50.5 Å². The number of oxime groups is 1. The number of nitrogens with zero attached hydrogens (tertiary/aromatic N) is 4. The molecule has 51 heavy (non-hydrogen) atoms. The Morgan fingerprint density at radius 3 is 2.51 bits per heavy atom. The first kappa shape index (κ1) is 37.9. The van der Waals surface area contributed by atoms with Crippen molar-refractivity contribution in [3.05, 3.63) is 45.1 Å². The molecular formula is C32H38ClN6O10S2+. The molecule has 2 aromatic rings. The number of phenols is 2. The Bertz CT molecular complexity index is 1820. The molecule has 2 fully saturated rings. The van der Waals surface area contributed by atoms with Crippen LogP contribution in [0.1, 0.15) is 55.6 Å². The van der Waals surface area contributed by atoms with Crippen LogP contribution in [-0.4, -0.2) is 119 Å². The molecule has 0 saturated carbocycles. The third-order valence-electron chi connectivity index (χ3n) is 9.18. The van der Waals surface area contributed by atoms with Crippen LogP contribution in [0.5, 0.6) is 11.5 Å². The molecule has 7 N–H and O–H groups in total. The molecule has 3 aliphatic heterocycles. The number of nitrogen functional groups attached to an aromatic ring is 1. The van der Waals surface area contributed by atoms with Gasteiger partial charge in [0.1, 0.15) is 17.9 Å². The first-order valence-electron chi connectivity index (χ1n) is 16.0. The molecule has 1 aromatic heterocycles. The number of phenolic OH excluding ortho intramolecular Hbond substituents is 2. The summed E-state index contributed by atoms with van der Waals surface area (Å²) in [6.45, 7) is 5.00. The Morgan fingerprint density at radius 1 is 1.18 bits per heavy atom. The number of nitrogens with two attached hydrogens (primary N) is 1. The molecule has 1 aromatic carbocycles. The number of likely N-dealkylation sites (tertiary alicyclic amines) is 1. The zero-order valence-electron chi connectivity index (χ0n) is 27.8. The number of carboxylic acids is 2. The lowest BCUT2D eigenvalue weighted by Gasteiger charge is -2.50. The van der Waals surface area contributed by atoms with E-state index in [4.69, 9.17) is 22.2 Å². The van der Waals surface area contributed by atoms with E-state index in [9.17, 15) is 44.4 Å². The first-order valence-corrected chi connectivity index (χ1v) is 18.3. The van der Waals surface area contributed by atoms with Gasteiger partial charge in [-0.2, -0.15) is 0 Å². The molecule has 2 saturated heterocycles. The van der Waals surface area contributed by atoms with Gasteiger partial charge in [0.2, 0.25) is 11.5 Å². The van der Waals surface area contributed by atoms with E-state index in [2.05, 4.69) is 15.5 Å². The van der Waals surface area contributed by atoms with Gasteiger partial charge in [0, 0.05) is 23.1 Å². The van der Waals surface area contributed by atoms with E-state index in [0.717, 1.165) is 43.7 Å². The number of hydrogen-bond acceptors (Lipinski definition) is 13. The number of aromatic hydroxyl groups is 2. The fraction of sp³-hybridized carbons (Fsp3) is 0.469. The minimum Gasteiger partial charge on any atom is -0.504 e. The van der Waals surface area contributed by atoms with Crippen molar-refractivity contribution >= 4 is 75.1 Å². The number of aromatic nitrogens is 1. The molecule has 2 amide bonds. The number of benzene rings is 1. The summed E-state index contributed by atoms with van der Waals surface area (Å²) in [5.41, 5.74) is 4.21. The SMILES string of the molecule is CC(C)(O/N=C(/C(=O)C[C@@H]1C(=O)N2C(C(=O)O)=C(C[N+]3(CCNC(=O)c4ccc(O)c(O)c4Cl)CCCCC3)CS[C@H]12)c1csc(N)n1)C(=O)O. The molecule has 0 unspecified atom stereocenters. The molecule has 0 radical (unpaired) electrons. The topological polar surface area (TPSA) is 242 Å². The molecule has 3 aliphatic rings. The first-order chi connectivity index (χ1) is 24.0. The maximum atomic E-state index is 13.6. The van der Waals surface area contributed by atoms with Crippen molar-refractivity contribution in [1.82, 2.24) is 15.2 Å². The average molecular weight is 766 g/mol. The van der Waals surface area contributed by atoms with Crippen LogP contribution in [0.2, 0.25) is 5.02 Å². The van der Waals surface area contributed by atoms with Crippen molar-refractivity contribution < 1.29 is 53.7 Å². The molecule has 5 rings (SSSR count). The zero-order chi connectivity index (χ0) is 37.2. The van der Waals surface area contributed by atoms with Crippen LogP contribution in [0.3, 0.4) is 0 Å². The third kappa shape index (κ3) is 7.93. The van der Waals surface area contributed by atoms with Gasteiger partial charge in [-0.1, -0.05) is 16.8 Å². The number of ketones is 1. The number of aliphatic carboxylic acids is 2.